The van der Waals surface area contributed by atoms with Crippen LogP contribution in [0.4, 0.5) is 0 Å². The summed E-state index contributed by atoms with van der Waals surface area (Å²) >= 11 is 0. The van der Waals surface area contributed by atoms with Crippen LogP contribution < -0.4 is 0 Å². The van der Waals surface area contributed by atoms with Crippen molar-refractivity contribution in [2.45, 2.75) is 13.8 Å². The molecule has 0 unspecified atom stereocenters. The Kier molecular flexibility index (Phi) is 8.35. The molecule has 0 saturated heterocycles. The molecule has 0 spiro atoms. The third-order valence-corrected chi connectivity index (χ3v) is 1.69. The fourth-order valence-corrected chi connectivity index (χ4v) is 0.853. The molecule has 75 valence electrons. The fraction of sp³-hybridized carbons (Fsp3) is 0.167. The molecule has 2 nitrogen and oxygen atoms in total. The van der Waals surface area contributed by atoms with Gasteiger partial charge in [-0.3, -0.25) is 9.97 Å². The first-order valence-electron chi connectivity index (χ1n) is 4.52. The fourth-order valence-electron chi connectivity index (χ4n) is 0.853. The van der Waals surface area contributed by atoms with Crippen molar-refractivity contribution < 1.29 is 32.7 Å². The second kappa shape index (κ2) is 8.69. The zero-order valence-electron chi connectivity index (χ0n) is 9.09. The minimum Gasteiger partial charge on any atom is -0.265 e. The Hall–Kier alpha value is -0.596. The molecule has 1 radical (unpaired) electrons. The summed E-state index contributed by atoms with van der Waals surface area (Å²) in [5.74, 6) is 0. The van der Waals surface area contributed by atoms with Crippen LogP contribution in [0.3, 0.4) is 0 Å². The minimum absolute atomic E-state index is 0. The van der Waals surface area contributed by atoms with Gasteiger partial charge in [0.1, 0.15) is 0 Å². The molecule has 0 aromatic carbocycles. The van der Waals surface area contributed by atoms with Crippen molar-refractivity contribution in [1.29, 1.82) is 0 Å². The zero-order chi connectivity index (χ0) is 10.2. The maximum absolute atomic E-state index is 3.85. The molecule has 0 N–H and O–H groups in total. The van der Waals surface area contributed by atoms with Crippen LogP contribution in [-0.2, 0) is 32.7 Å². The van der Waals surface area contributed by atoms with Crippen LogP contribution in [0.15, 0.2) is 49.1 Å². The predicted molar refractivity (Wildman–Crippen MR) is 57.9 cm³/mol. The summed E-state index contributed by atoms with van der Waals surface area (Å²) < 4.78 is 0. The molecule has 0 aliphatic heterocycles. The normalized spacial score (nSPS) is 8.13. The van der Waals surface area contributed by atoms with Gasteiger partial charge in [0, 0.05) is 57.5 Å². The van der Waals surface area contributed by atoms with Crippen LogP contribution in [0.25, 0.3) is 0 Å². The molecule has 15 heavy (non-hydrogen) atoms. The average Bonchev–Trinajstić information content (AvgIpc) is 2.21. The Bertz CT molecular complexity index is 311. The molecule has 3 heteroatoms. The zero-order valence-corrected chi connectivity index (χ0v) is 11.9. The van der Waals surface area contributed by atoms with Gasteiger partial charge in [-0.1, -0.05) is 0 Å². The molecule has 0 saturated carbocycles. The van der Waals surface area contributed by atoms with Gasteiger partial charge in [-0.25, -0.2) is 0 Å². The standard InChI is InChI=1S/2C6H7N.Y/c2*1-6-2-4-7-5-3-6;/h2*2-5H,1H3;. The molecule has 0 aliphatic rings. The second-order valence-corrected chi connectivity index (χ2v) is 3.05. The van der Waals surface area contributed by atoms with Crippen molar-refractivity contribution >= 4 is 0 Å². The second-order valence-electron chi connectivity index (χ2n) is 3.05. The van der Waals surface area contributed by atoms with Crippen LogP contribution in [0.2, 0.25) is 0 Å². The van der Waals surface area contributed by atoms with E-state index in [2.05, 4.69) is 9.97 Å². The van der Waals surface area contributed by atoms with Crippen LogP contribution in [-0.4, -0.2) is 9.97 Å². The summed E-state index contributed by atoms with van der Waals surface area (Å²) in [5.41, 5.74) is 2.52. The van der Waals surface area contributed by atoms with Crippen molar-refractivity contribution in [3.05, 3.63) is 60.2 Å². The number of nitrogens with zero attached hydrogens (tertiary/aromatic N) is 2. The first-order chi connectivity index (χ1) is 6.79. The number of aromatic nitrogens is 2. The SMILES string of the molecule is Cc1ccncc1.Cc1ccncc1.[Y]. The van der Waals surface area contributed by atoms with E-state index in [9.17, 15) is 0 Å². The van der Waals surface area contributed by atoms with E-state index in [0.29, 0.717) is 0 Å². The van der Waals surface area contributed by atoms with Gasteiger partial charge in [0.05, 0.1) is 0 Å². The summed E-state index contributed by atoms with van der Waals surface area (Å²) in [6.45, 7) is 4.09. The number of hydrogen-bond acceptors (Lipinski definition) is 2. The van der Waals surface area contributed by atoms with Gasteiger partial charge in [-0.2, -0.15) is 0 Å². The molecule has 2 aromatic rings. The molecular weight excluding hydrogens is 261 g/mol. The van der Waals surface area contributed by atoms with Crippen LogP contribution in [0.5, 0.6) is 0 Å². The first-order valence-corrected chi connectivity index (χ1v) is 4.52. The topological polar surface area (TPSA) is 25.8 Å². The summed E-state index contributed by atoms with van der Waals surface area (Å²) in [6, 6.07) is 7.89. The Morgan fingerprint density at radius 2 is 0.933 bits per heavy atom. The van der Waals surface area contributed by atoms with Gasteiger partial charge in [0.2, 0.25) is 0 Å². The Morgan fingerprint density at radius 1 is 0.667 bits per heavy atom. The molecule has 0 aliphatic carbocycles. The maximum Gasteiger partial charge on any atom is 0.0270 e. The van der Waals surface area contributed by atoms with Crippen molar-refractivity contribution in [2.75, 3.05) is 0 Å². The quantitative estimate of drug-likeness (QED) is 0.738. The Balaban J connectivity index is 0.000000245. The van der Waals surface area contributed by atoms with Crippen molar-refractivity contribution in [2.24, 2.45) is 0 Å². The van der Waals surface area contributed by atoms with E-state index < -0.39 is 0 Å². The average molecular weight is 275 g/mol. The van der Waals surface area contributed by atoms with E-state index in [0.717, 1.165) is 0 Å². The van der Waals surface area contributed by atoms with E-state index in [1.165, 1.54) is 11.1 Å². The molecule has 2 rings (SSSR count). The predicted octanol–water partition coefficient (Wildman–Crippen LogP) is 2.78. The van der Waals surface area contributed by atoms with Gasteiger partial charge in [-0.05, 0) is 49.2 Å². The number of pyridine rings is 2. The Labute approximate surface area is 116 Å². The van der Waals surface area contributed by atoms with Gasteiger partial charge in [-0.15, -0.1) is 0 Å². The van der Waals surface area contributed by atoms with E-state index >= 15 is 0 Å². The van der Waals surface area contributed by atoms with Crippen molar-refractivity contribution in [3.63, 3.8) is 0 Å². The minimum atomic E-state index is 0. The van der Waals surface area contributed by atoms with Crippen LogP contribution in [0.1, 0.15) is 11.1 Å². The molecule has 2 heterocycles. The van der Waals surface area contributed by atoms with E-state index in [1.54, 1.807) is 24.8 Å². The maximum atomic E-state index is 3.85. The van der Waals surface area contributed by atoms with Gasteiger partial charge < -0.3 is 0 Å². The van der Waals surface area contributed by atoms with Gasteiger partial charge >= 0.3 is 0 Å². The third-order valence-electron chi connectivity index (χ3n) is 1.69. The monoisotopic (exact) mass is 275 g/mol. The van der Waals surface area contributed by atoms with E-state index in [1.807, 2.05) is 38.1 Å². The molecular formula is C12H14N2Y. The van der Waals surface area contributed by atoms with Gasteiger partial charge in [0.25, 0.3) is 0 Å². The summed E-state index contributed by atoms with van der Waals surface area (Å²) in [5, 5.41) is 0. The first kappa shape index (κ1) is 14.4. The molecule has 0 atom stereocenters. The van der Waals surface area contributed by atoms with Crippen LogP contribution >= 0.6 is 0 Å². The largest absolute Gasteiger partial charge is 0.265 e. The molecule has 0 fully saturated rings. The summed E-state index contributed by atoms with van der Waals surface area (Å²) in [4.78, 5) is 7.69. The number of aryl methyl sites for hydroxylation is 2. The number of rotatable bonds is 0. The van der Waals surface area contributed by atoms with Crippen LogP contribution in [0, 0.1) is 13.8 Å². The summed E-state index contributed by atoms with van der Waals surface area (Å²) in [7, 11) is 0. The summed E-state index contributed by atoms with van der Waals surface area (Å²) in [6.07, 6.45) is 7.15. The molecule has 0 bridgehead atoms. The molecule has 2 aromatic heterocycles. The van der Waals surface area contributed by atoms with Crippen molar-refractivity contribution in [3.8, 4) is 0 Å². The number of hydrogen-bond donors (Lipinski definition) is 0. The van der Waals surface area contributed by atoms with E-state index in [-0.39, 0.29) is 32.7 Å². The smallest absolute Gasteiger partial charge is 0.0270 e. The Morgan fingerprint density at radius 3 is 1.07 bits per heavy atom. The molecule has 0 amide bonds. The third kappa shape index (κ3) is 7.35. The van der Waals surface area contributed by atoms with Gasteiger partial charge in [0.15, 0.2) is 0 Å². The van der Waals surface area contributed by atoms with E-state index in [4.69, 9.17) is 0 Å². The van der Waals surface area contributed by atoms with Crippen molar-refractivity contribution in [1.82, 2.24) is 9.97 Å².